The number of hydrogen-bond donors (Lipinski definition) is 1. The van der Waals surface area contributed by atoms with Crippen molar-refractivity contribution in [3.63, 3.8) is 0 Å². The third-order valence-electron chi connectivity index (χ3n) is 1.41. The van der Waals surface area contributed by atoms with Crippen LogP contribution in [-0.4, -0.2) is 27.7 Å². The maximum atomic E-state index is 10.2. The molecule has 5 heteroatoms. The number of hydrogen-bond acceptors (Lipinski definition) is 4. The second kappa shape index (κ2) is 3.84. The molecular formula is C8H10N2O3. The number of aromatic nitrogens is 2. The second-order valence-electron chi connectivity index (χ2n) is 2.55. The standard InChI is InChI=1S/C8H10N2O3/c1-5-7(13-4-8(11)12)3-9-6(2)10-5/h3H,4H2,1-2H3,(H,11,12). The Labute approximate surface area is 75.4 Å². The first kappa shape index (κ1) is 9.44. The monoisotopic (exact) mass is 182 g/mol. The largest absolute Gasteiger partial charge is 0.479 e. The van der Waals surface area contributed by atoms with Crippen LogP contribution in [0.2, 0.25) is 0 Å². The van der Waals surface area contributed by atoms with Crippen molar-refractivity contribution >= 4 is 5.97 Å². The molecule has 1 rings (SSSR count). The lowest BCUT2D eigenvalue weighted by atomic mass is 10.4. The Bertz CT molecular complexity index is 325. The summed E-state index contributed by atoms with van der Waals surface area (Å²) in [5.41, 5.74) is 0.647. The lowest BCUT2D eigenvalue weighted by molar-refractivity contribution is -0.139. The molecule has 0 aliphatic rings. The van der Waals surface area contributed by atoms with Crippen LogP contribution in [0.4, 0.5) is 0 Å². The van der Waals surface area contributed by atoms with E-state index in [4.69, 9.17) is 9.84 Å². The summed E-state index contributed by atoms with van der Waals surface area (Å²) in [7, 11) is 0. The van der Waals surface area contributed by atoms with E-state index in [1.54, 1.807) is 13.8 Å². The van der Waals surface area contributed by atoms with E-state index in [-0.39, 0.29) is 6.61 Å². The van der Waals surface area contributed by atoms with Gasteiger partial charge in [0.25, 0.3) is 0 Å². The summed E-state index contributed by atoms with van der Waals surface area (Å²) < 4.78 is 4.93. The van der Waals surface area contributed by atoms with Gasteiger partial charge in [-0.25, -0.2) is 14.8 Å². The molecule has 0 spiro atoms. The van der Waals surface area contributed by atoms with Crippen LogP contribution in [0.5, 0.6) is 5.75 Å². The molecule has 1 aromatic rings. The van der Waals surface area contributed by atoms with Crippen molar-refractivity contribution in [1.82, 2.24) is 9.97 Å². The van der Waals surface area contributed by atoms with Crippen molar-refractivity contribution in [3.8, 4) is 5.75 Å². The van der Waals surface area contributed by atoms with Crippen molar-refractivity contribution in [2.45, 2.75) is 13.8 Å². The maximum absolute atomic E-state index is 10.2. The smallest absolute Gasteiger partial charge is 0.341 e. The van der Waals surface area contributed by atoms with Crippen molar-refractivity contribution in [1.29, 1.82) is 0 Å². The van der Waals surface area contributed by atoms with Gasteiger partial charge in [-0.2, -0.15) is 0 Å². The molecule has 1 heterocycles. The van der Waals surface area contributed by atoms with Gasteiger partial charge in [-0.1, -0.05) is 0 Å². The number of nitrogens with zero attached hydrogens (tertiary/aromatic N) is 2. The minimum atomic E-state index is -1.01. The average Bonchev–Trinajstić information content (AvgIpc) is 2.02. The average molecular weight is 182 g/mol. The number of ether oxygens (including phenoxy) is 1. The predicted molar refractivity (Wildman–Crippen MR) is 44.6 cm³/mol. The fraction of sp³-hybridized carbons (Fsp3) is 0.375. The van der Waals surface area contributed by atoms with Gasteiger partial charge in [-0.15, -0.1) is 0 Å². The fourth-order valence-corrected chi connectivity index (χ4v) is 0.853. The van der Waals surface area contributed by atoms with Gasteiger partial charge in [-0.05, 0) is 13.8 Å². The normalized spacial score (nSPS) is 9.69. The first-order valence-electron chi connectivity index (χ1n) is 3.74. The van der Waals surface area contributed by atoms with E-state index < -0.39 is 5.97 Å². The molecule has 1 N–H and O–H groups in total. The van der Waals surface area contributed by atoms with Gasteiger partial charge in [0.1, 0.15) is 5.82 Å². The molecule has 0 atom stereocenters. The van der Waals surface area contributed by atoms with E-state index in [1.165, 1.54) is 6.20 Å². The highest BCUT2D eigenvalue weighted by Crippen LogP contribution is 2.12. The molecule has 0 aliphatic heterocycles. The van der Waals surface area contributed by atoms with E-state index in [9.17, 15) is 4.79 Å². The first-order valence-corrected chi connectivity index (χ1v) is 3.74. The van der Waals surface area contributed by atoms with Gasteiger partial charge in [0.15, 0.2) is 12.4 Å². The summed E-state index contributed by atoms with van der Waals surface area (Å²) in [5, 5.41) is 8.35. The van der Waals surface area contributed by atoms with E-state index in [0.29, 0.717) is 17.3 Å². The van der Waals surface area contributed by atoms with E-state index in [1.807, 2.05) is 0 Å². The molecule has 70 valence electrons. The molecule has 0 saturated carbocycles. The van der Waals surface area contributed by atoms with E-state index in [0.717, 1.165) is 0 Å². The Morgan fingerprint density at radius 1 is 1.62 bits per heavy atom. The Balaban J connectivity index is 2.72. The molecule has 0 aliphatic carbocycles. The summed E-state index contributed by atoms with van der Waals surface area (Å²) in [6, 6.07) is 0. The van der Waals surface area contributed by atoms with Gasteiger partial charge >= 0.3 is 5.97 Å². The molecule has 0 bridgehead atoms. The number of rotatable bonds is 3. The SMILES string of the molecule is Cc1ncc(OCC(=O)O)c(C)n1. The number of aryl methyl sites for hydroxylation is 2. The molecule has 0 saturated heterocycles. The minimum Gasteiger partial charge on any atom is -0.479 e. The number of carboxylic acid groups (broad SMARTS) is 1. The number of carboxylic acids is 1. The van der Waals surface area contributed by atoms with Crippen molar-refractivity contribution in [2.24, 2.45) is 0 Å². The molecular weight excluding hydrogens is 172 g/mol. The van der Waals surface area contributed by atoms with Crippen molar-refractivity contribution < 1.29 is 14.6 Å². The van der Waals surface area contributed by atoms with Crippen LogP contribution in [0.3, 0.4) is 0 Å². The van der Waals surface area contributed by atoms with Gasteiger partial charge < -0.3 is 9.84 Å². The highest BCUT2D eigenvalue weighted by molar-refractivity contribution is 5.68. The van der Waals surface area contributed by atoms with E-state index in [2.05, 4.69) is 9.97 Å². The third-order valence-corrected chi connectivity index (χ3v) is 1.41. The first-order chi connectivity index (χ1) is 6.09. The zero-order chi connectivity index (χ0) is 9.84. The lowest BCUT2D eigenvalue weighted by Gasteiger charge is -2.05. The zero-order valence-electron chi connectivity index (χ0n) is 7.44. The molecule has 0 unspecified atom stereocenters. The van der Waals surface area contributed by atoms with E-state index >= 15 is 0 Å². The lowest BCUT2D eigenvalue weighted by Crippen LogP contribution is -2.10. The molecule has 0 aromatic carbocycles. The fourth-order valence-electron chi connectivity index (χ4n) is 0.853. The Kier molecular flexibility index (Phi) is 2.79. The van der Waals surface area contributed by atoms with Gasteiger partial charge in [0, 0.05) is 0 Å². The molecule has 0 radical (unpaired) electrons. The van der Waals surface area contributed by atoms with Gasteiger partial charge in [-0.3, -0.25) is 0 Å². The summed E-state index contributed by atoms with van der Waals surface area (Å²) in [4.78, 5) is 18.1. The van der Waals surface area contributed by atoms with Crippen molar-refractivity contribution in [2.75, 3.05) is 6.61 Å². The van der Waals surface area contributed by atoms with Crippen LogP contribution < -0.4 is 4.74 Å². The molecule has 13 heavy (non-hydrogen) atoms. The molecule has 0 fully saturated rings. The zero-order valence-corrected chi connectivity index (χ0v) is 7.44. The Hall–Kier alpha value is -1.65. The van der Waals surface area contributed by atoms with Crippen LogP contribution >= 0.6 is 0 Å². The summed E-state index contributed by atoms with van der Waals surface area (Å²) in [6.45, 7) is 3.13. The summed E-state index contributed by atoms with van der Waals surface area (Å²) in [6.07, 6.45) is 1.47. The molecule has 1 aromatic heterocycles. The van der Waals surface area contributed by atoms with Gasteiger partial charge in [0.2, 0.25) is 0 Å². The Morgan fingerprint density at radius 3 is 2.85 bits per heavy atom. The van der Waals surface area contributed by atoms with Crippen LogP contribution in [0.25, 0.3) is 0 Å². The minimum absolute atomic E-state index is 0.368. The Morgan fingerprint density at radius 2 is 2.31 bits per heavy atom. The highest BCUT2D eigenvalue weighted by atomic mass is 16.5. The summed E-state index contributed by atoms with van der Waals surface area (Å²) in [5.74, 6) is 0.0353. The third kappa shape index (κ3) is 2.70. The highest BCUT2D eigenvalue weighted by Gasteiger charge is 2.04. The van der Waals surface area contributed by atoms with Crippen LogP contribution in [-0.2, 0) is 4.79 Å². The molecule has 0 amide bonds. The number of carbonyl (C=O) groups is 1. The quantitative estimate of drug-likeness (QED) is 0.739. The molecule has 5 nitrogen and oxygen atoms in total. The maximum Gasteiger partial charge on any atom is 0.341 e. The second-order valence-corrected chi connectivity index (χ2v) is 2.55. The predicted octanol–water partition coefficient (Wildman–Crippen LogP) is 0.557. The summed E-state index contributed by atoms with van der Waals surface area (Å²) >= 11 is 0. The van der Waals surface area contributed by atoms with Crippen LogP contribution in [0, 0.1) is 13.8 Å². The van der Waals surface area contributed by atoms with Gasteiger partial charge in [0.05, 0.1) is 11.9 Å². The van der Waals surface area contributed by atoms with Crippen LogP contribution in [0.1, 0.15) is 11.5 Å². The van der Waals surface area contributed by atoms with Crippen LogP contribution in [0.15, 0.2) is 6.20 Å². The topological polar surface area (TPSA) is 72.3 Å². The number of aliphatic carboxylic acids is 1. The van der Waals surface area contributed by atoms with Crippen molar-refractivity contribution in [3.05, 3.63) is 17.7 Å².